The highest BCUT2D eigenvalue weighted by Gasteiger charge is 2.26. The van der Waals surface area contributed by atoms with E-state index in [0.717, 1.165) is 11.1 Å². The van der Waals surface area contributed by atoms with Gasteiger partial charge < -0.3 is 10.2 Å². The van der Waals surface area contributed by atoms with Crippen molar-refractivity contribution in [2.45, 2.75) is 39.1 Å². The fourth-order valence-corrected chi connectivity index (χ4v) is 4.72. The second-order valence-corrected chi connectivity index (χ2v) is 9.90. The molecule has 2 amide bonds. The molecule has 1 atom stereocenters. The van der Waals surface area contributed by atoms with Gasteiger partial charge in [0.25, 0.3) is 0 Å². The van der Waals surface area contributed by atoms with Gasteiger partial charge in [0.05, 0.1) is 5.75 Å². The zero-order valence-corrected chi connectivity index (χ0v) is 20.9. The van der Waals surface area contributed by atoms with E-state index in [1.807, 2.05) is 26.0 Å². The number of hydrogen-bond acceptors (Lipinski definition) is 3. The molecule has 0 bridgehead atoms. The summed E-state index contributed by atoms with van der Waals surface area (Å²) < 4.78 is 0. The maximum absolute atomic E-state index is 13.1. The molecule has 31 heavy (non-hydrogen) atoms. The van der Waals surface area contributed by atoms with E-state index >= 15 is 0 Å². The first kappa shape index (κ1) is 25.9. The van der Waals surface area contributed by atoms with E-state index in [0.29, 0.717) is 39.8 Å². The largest absolute Gasteiger partial charge is 0.354 e. The summed E-state index contributed by atoms with van der Waals surface area (Å²) in [6, 6.07) is 12.0. The number of halogens is 3. The summed E-state index contributed by atoms with van der Waals surface area (Å²) >= 11 is 20.0. The van der Waals surface area contributed by atoms with E-state index < -0.39 is 6.04 Å². The topological polar surface area (TPSA) is 49.4 Å². The Balaban J connectivity index is 2.10. The standard InChI is InChI=1S/C23H27Cl3N2O2S/c1-15(2)11-27-23(30)16(3)28(12-17-6-4-7-18(24)10-17)22(29)14-31-13-19-20(25)8-5-9-21(19)26/h4-10,15-16H,11-14H2,1-3H3,(H,27,30). The number of benzene rings is 2. The molecule has 0 heterocycles. The third-order valence-electron chi connectivity index (χ3n) is 4.63. The minimum atomic E-state index is -0.616. The van der Waals surface area contributed by atoms with Gasteiger partial charge in [-0.3, -0.25) is 9.59 Å². The minimum absolute atomic E-state index is 0.139. The van der Waals surface area contributed by atoms with Crippen LogP contribution < -0.4 is 5.32 Å². The van der Waals surface area contributed by atoms with E-state index in [1.54, 1.807) is 42.2 Å². The van der Waals surface area contributed by atoms with Crippen LogP contribution >= 0.6 is 46.6 Å². The molecule has 8 heteroatoms. The van der Waals surface area contributed by atoms with Gasteiger partial charge >= 0.3 is 0 Å². The van der Waals surface area contributed by atoms with Gasteiger partial charge in [-0.25, -0.2) is 0 Å². The summed E-state index contributed by atoms with van der Waals surface area (Å²) in [5.41, 5.74) is 1.66. The first-order valence-corrected chi connectivity index (χ1v) is 12.3. The van der Waals surface area contributed by atoms with Crippen molar-refractivity contribution in [1.82, 2.24) is 10.2 Å². The second-order valence-electron chi connectivity index (χ2n) is 7.66. The number of amides is 2. The summed E-state index contributed by atoms with van der Waals surface area (Å²) in [4.78, 5) is 27.4. The fourth-order valence-electron chi connectivity index (χ4n) is 2.86. The number of hydrogen-bond donors (Lipinski definition) is 1. The third-order valence-corrected chi connectivity index (χ3v) is 6.51. The molecule has 0 aliphatic heterocycles. The molecule has 1 unspecified atom stereocenters. The molecule has 2 rings (SSSR count). The molecule has 0 aliphatic carbocycles. The van der Waals surface area contributed by atoms with Crippen molar-refractivity contribution < 1.29 is 9.59 Å². The van der Waals surface area contributed by atoms with Crippen LogP contribution in [0.4, 0.5) is 0 Å². The van der Waals surface area contributed by atoms with Crippen LogP contribution in [-0.2, 0) is 21.9 Å². The van der Waals surface area contributed by atoms with Gasteiger partial charge in [0, 0.05) is 33.9 Å². The second kappa shape index (κ2) is 12.6. The Bertz CT molecular complexity index is 888. The molecule has 0 aromatic heterocycles. The highest BCUT2D eigenvalue weighted by Crippen LogP contribution is 2.28. The lowest BCUT2D eigenvalue weighted by Crippen LogP contribution is -2.48. The minimum Gasteiger partial charge on any atom is -0.354 e. The van der Waals surface area contributed by atoms with Crippen LogP contribution in [0.3, 0.4) is 0 Å². The average Bonchev–Trinajstić information content (AvgIpc) is 2.71. The number of carbonyl (C=O) groups excluding carboxylic acids is 2. The molecule has 0 radical (unpaired) electrons. The summed E-state index contributed by atoms with van der Waals surface area (Å²) in [7, 11) is 0. The van der Waals surface area contributed by atoms with Crippen molar-refractivity contribution in [3.63, 3.8) is 0 Å². The molecule has 4 nitrogen and oxygen atoms in total. The van der Waals surface area contributed by atoms with Gasteiger partial charge in [-0.05, 0) is 48.2 Å². The van der Waals surface area contributed by atoms with Crippen molar-refractivity contribution in [3.8, 4) is 0 Å². The van der Waals surface area contributed by atoms with E-state index in [-0.39, 0.29) is 17.6 Å². The normalized spacial score (nSPS) is 12.0. The summed E-state index contributed by atoms with van der Waals surface area (Å²) in [5, 5.41) is 4.65. The molecule has 0 saturated heterocycles. The third kappa shape index (κ3) is 8.23. The van der Waals surface area contributed by atoms with Crippen molar-refractivity contribution in [1.29, 1.82) is 0 Å². The van der Waals surface area contributed by atoms with Gasteiger partial charge in [0.2, 0.25) is 11.8 Å². The predicted molar refractivity (Wildman–Crippen MR) is 132 cm³/mol. The lowest BCUT2D eigenvalue weighted by atomic mass is 10.1. The van der Waals surface area contributed by atoms with Gasteiger partial charge in [0.1, 0.15) is 6.04 Å². The molecule has 1 N–H and O–H groups in total. The SMILES string of the molecule is CC(C)CNC(=O)C(C)N(Cc1cccc(Cl)c1)C(=O)CSCc1c(Cl)cccc1Cl. The van der Waals surface area contributed by atoms with Crippen molar-refractivity contribution in [2.75, 3.05) is 12.3 Å². The van der Waals surface area contributed by atoms with Crippen LogP contribution in [0.1, 0.15) is 31.9 Å². The fraction of sp³-hybridized carbons (Fsp3) is 0.391. The monoisotopic (exact) mass is 500 g/mol. The van der Waals surface area contributed by atoms with Crippen LogP contribution in [0.25, 0.3) is 0 Å². The van der Waals surface area contributed by atoms with Crippen LogP contribution in [0.5, 0.6) is 0 Å². The van der Waals surface area contributed by atoms with Crippen LogP contribution in [0.15, 0.2) is 42.5 Å². The lowest BCUT2D eigenvalue weighted by Gasteiger charge is -2.29. The summed E-state index contributed by atoms with van der Waals surface area (Å²) in [6.45, 7) is 6.64. The number of nitrogens with one attached hydrogen (secondary N) is 1. The van der Waals surface area contributed by atoms with Crippen molar-refractivity contribution in [3.05, 3.63) is 68.7 Å². The Labute approximate surface area is 203 Å². The quantitative estimate of drug-likeness (QED) is 0.430. The summed E-state index contributed by atoms with van der Waals surface area (Å²) in [5.74, 6) is 0.709. The first-order valence-electron chi connectivity index (χ1n) is 10.0. The predicted octanol–water partition coefficient (Wildman–Crippen LogP) is 6.07. The van der Waals surface area contributed by atoms with Crippen molar-refractivity contribution >= 4 is 58.4 Å². The maximum atomic E-state index is 13.1. The molecule has 168 valence electrons. The zero-order chi connectivity index (χ0) is 23.0. The van der Waals surface area contributed by atoms with Gasteiger partial charge in [-0.1, -0.05) is 66.8 Å². The van der Waals surface area contributed by atoms with E-state index in [2.05, 4.69) is 5.32 Å². The van der Waals surface area contributed by atoms with E-state index in [9.17, 15) is 9.59 Å². The Kier molecular flexibility index (Phi) is 10.5. The Hall–Kier alpha value is -1.40. The molecular formula is C23H27Cl3N2O2S. The Morgan fingerprint density at radius 2 is 1.68 bits per heavy atom. The number of thioether (sulfide) groups is 1. The van der Waals surface area contributed by atoms with Crippen molar-refractivity contribution in [2.24, 2.45) is 5.92 Å². The molecule has 0 fully saturated rings. The first-order chi connectivity index (χ1) is 14.7. The van der Waals surface area contributed by atoms with Gasteiger partial charge in [0.15, 0.2) is 0 Å². The van der Waals surface area contributed by atoms with Crippen LogP contribution in [0.2, 0.25) is 15.1 Å². The number of nitrogens with zero attached hydrogens (tertiary/aromatic N) is 1. The zero-order valence-electron chi connectivity index (χ0n) is 17.8. The summed E-state index contributed by atoms with van der Waals surface area (Å²) in [6.07, 6.45) is 0. The molecule has 0 spiro atoms. The Morgan fingerprint density at radius 1 is 1.03 bits per heavy atom. The molecule has 0 aliphatic rings. The molecule has 0 saturated carbocycles. The molecule has 2 aromatic carbocycles. The highest BCUT2D eigenvalue weighted by atomic mass is 35.5. The van der Waals surface area contributed by atoms with Gasteiger partial charge in [-0.15, -0.1) is 11.8 Å². The number of carbonyl (C=O) groups is 2. The van der Waals surface area contributed by atoms with E-state index in [1.165, 1.54) is 11.8 Å². The van der Waals surface area contributed by atoms with Crippen LogP contribution in [0, 0.1) is 5.92 Å². The van der Waals surface area contributed by atoms with E-state index in [4.69, 9.17) is 34.8 Å². The lowest BCUT2D eigenvalue weighted by molar-refractivity contribution is -0.138. The number of rotatable bonds is 10. The maximum Gasteiger partial charge on any atom is 0.242 e. The highest BCUT2D eigenvalue weighted by molar-refractivity contribution is 7.99. The molecule has 2 aromatic rings. The van der Waals surface area contributed by atoms with Crippen LogP contribution in [-0.4, -0.2) is 35.1 Å². The average molecular weight is 502 g/mol. The van der Waals surface area contributed by atoms with Gasteiger partial charge in [-0.2, -0.15) is 0 Å². The molecular weight excluding hydrogens is 475 g/mol. The Morgan fingerprint density at radius 3 is 2.29 bits per heavy atom. The smallest absolute Gasteiger partial charge is 0.242 e.